The van der Waals surface area contributed by atoms with Crippen molar-refractivity contribution in [3.05, 3.63) is 40.0 Å². The van der Waals surface area contributed by atoms with Crippen LogP contribution in [0, 0.1) is 0 Å². The highest BCUT2D eigenvalue weighted by Gasteiger charge is 2.12. The molecule has 2 aromatic rings. The van der Waals surface area contributed by atoms with Gasteiger partial charge in [-0.2, -0.15) is 5.10 Å². The fraction of sp³-hybridized carbons (Fsp3) is 0.167. The van der Waals surface area contributed by atoms with Crippen molar-refractivity contribution in [2.24, 2.45) is 0 Å². The van der Waals surface area contributed by atoms with Crippen molar-refractivity contribution in [2.45, 2.75) is 6.92 Å². The van der Waals surface area contributed by atoms with Crippen LogP contribution in [0.25, 0.3) is 11.3 Å². The minimum Gasteiger partial charge on any atom is -0.351 e. The lowest BCUT2D eigenvalue weighted by atomic mass is 10.1. The number of carbonyl (C=O) groups excluding carboxylic acids is 1. The van der Waals surface area contributed by atoms with E-state index in [1.807, 2.05) is 6.92 Å². The van der Waals surface area contributed by atoms with Crippen molar-refractivity contribution >= 4 is 29.1 Å². The van der Waals surface area contributed by atoms with Gasteiger partial charge in [-0.15, -0.1) is 0 Å². The Morgan fingerprint density at radius 1 is 1.39 bits per heavy atom. The minimum absolute atomic E-state index is 0.193. The lowest BCUT2D eigenvalue weighted by Gasteiger charge is -2.00. The molecule has 0 aliphatic carbocycles. The van der Waals surface area contributed by atoms with E-state index in [-0.39, 0.29) is 5.91 Å². The second-order valence-corrected chi connectivity index (χ2v) is 4.49. The van der Waals surface area contributed by atoms with Gasteiger partial charge >= 0.3 is 0 Å². The summed E-state index contributed by atoms with van der Waals surface area (Å²) < 4.78 is 0. The van der Waals surface area contributed by atoms with Gasteiger partial charge in [-0.3, -0.25) is 9.89 Å². The zero-order chi connectivity index (χ0) is 13.1. The van der Waals surface area contributed by atoms with E-state index in [0.29, 0.717) is 28.0 Å². The lowest BCUT2D eigenvalue weighted by molar-refractivity contribution is 0.0951. The smallest absolute Gasteiger partial charge is 0.269 e. The number of hydrogen-bond donors (Lipinski definition) is 2. The van der Waals surface area contributed by atoms with E-state index in [2.05, 4.69) is 15.5 Å². The Balaban J connectivity index is 2.32. The second kappa shape index (κ2) is 5.42. The highest BCUT2D eigenvalue weighted by molar-refractivity contribution is 6.36. The molecule has 0 saturated carbocycles. The molecule has 18 heavy (non-hydrogen) atoms. The molecular weight excluding hydrogens is 273 g/mol. The maximum Gasteiger partial charge on any atom is 0.269 e. The van der Waals surface area contributed by atoms with Gasteiger partial charge in [0, 0.05) is 17.1 Å². The molecule has 0 atom stereocenters. The maximum atomic E-state index is 11.6. The van der Waals surface area contributed by atoms with Crippen molar-refractivity contribution in [3.8, 4) is 11.3 Å². The summed E-state index contributed by atoms with van der Waals surface area (Å²) in [6, 6.07) is 6.78. The minimum atomic E-state index is -0.193. The van der Waals surface area contributed by atoms with Crippen LogP contribution in [0.1, 0.15) is 17.4 Å². The number of amides is 1. The number of nitrogens with one attached hydrogen (secondary N) is 2. The molecule has 0 fully saturated rings. The van der Waals surface area contributed by atoms with Gasteiger partial charge in [0.2, 0.25) is 0 Å². The molecule has 1 heterocycles. The summed E-state index contributed by atoms with van der Waals surface area (Å²) in [4.78, 5) is 11.6. The van der Waals surface area contributed by atoms with Crippen LogP contribution >= 0.6 is 23.2 Å². The SMILES string of the molecule is CCNC(=O)c1cc(-c2ccc(Cl)cc2Cl)n[nH]1. The largest absolute Gasteiger partial charge is 0.351 e. The molecule has 0 unspecified atom stereocenters. The first-order chi connectivity index (χ1) is 8.61. The summed E-state index contributed by atoms with van der Waals surface area (Å²) in [5.74, 6) is -0.193. The van der Waals surface area contributed by atoms with Gasteiger partial charge in [-0.1, -0.05) is 23.2 Å². The molecule has 0 aliphatic heterocycles. The van der Waals surface area contributed by atoms with Crippen molar-refractivity contribution in [2.75, 3.05) is 6.54 Å². The highest BCUT2D eigenvalue weighted by atomic mass is 35.5. The molecule has 1 aromatic heterocycles. The van der Waals surface area contributed by atoms with Crippen LogP contribution in [0.2, 0.25) is 10.0 Å². The number of hydrogen-bond acceptors (Lipinski definition) is 2. The van der Waals surface area contributed by atoms with Crippen LogP contribution in [0.3, 0.4) is 0 Å². The monoisotopic (exact) mass is 283 g/mol. The Kier molecular flexibility index (Phi) is 3.89. The standard InChI is InChI=1S/C12H11Cl2N3O/c1-2-15-12(18)11-6-10(16-17-11)8-4-3-7(13)5-9(8)14/h3-6H,2H2,1H3,(H,15,18)(H,16,17). The van der Waals surface area contributed by atoms with E-state index in [1.165, 1.54) is 0 Å². The summed E-state index contributed by atoms with van der Waals surface area (Å²) >= 11 is 11.9. The third-order valence-electron chi connectivity index (χ3n) is 2.37. The van der Waals surface area contributed by atoms with Crippen LogP contribution in [-0.4, -0.2) is 22.6 Å². The molecule has 1 amide bonds. The van der Waals surface area contributed by atoms with Crippen LogP contribution in [0.5, 0.6) is 0 Å². The Hall–Kier alpha value is -1.52. The Morgan fingerprint density at radius 3 is 2.83 bits per heavy atom. The maximum absolute atomic E-state index is 11.6. The lowest BCUT2D eigenvalue weighted by Crippen LogP contribution is -2.22. The van der Waals surface area contributed by atoms with E-state index in [1.54, 1.807) is 24.3 Å². The quantitative estimate of drug-likeness (QED) is 0.909. The summed E-state index contributed by atoms with van der Waals surface area (Å²) in [7, 11) is 0. The van der Waals surface area contributed by atoms with Crippen molar-refractivity contribution in [3.63, 3.8) is 0 Å². The molecule has 0 radical (unpaired) electrons. The van der Waals surface area contributed by atoms with E-state index in [4.69, 9.17) is 23.2 Å². The highest BCUT2D eigenvalue weighted by Crippen LogP contribution is 2.29. The Morgan fingerprint density at radius 2 is 2.17 bits per heavy atom. The van der Waals surface area contributed by atoms with Gasteiger partial charge in [0.05, 0.1) is 10.7 Å². The molecule has 0 spiro atoms. The van der Waals surface area contributed by atoms with Gasteiger partial charge in [0.25, 0.3) is 5.91 Å². The number of carbonyl (C=O) groups is 1. The Bertz CT molecular complexity index is 580. The summed E-state index contributed by atoms with van der Waals surface area (Å²) in [5.41, 5.74) is 1.74. The van der Waals surface area contributed by atoms with Crippen LogP contribution < -0.4 is 5.32 Å². The molecule has 4 nitrogen and oxygen atoms in total. The topological polar surface area (TPSA) is 57.8 Å². The first-order valence-corrected chi connectivity index (χ1v) is 6.16. The molecule has 0 aliphatic rings. The molecule has 2 N–H and O–H groups in total. The zero-order valence-electron chi connectivity index (χ0n) is 9.63. The molecule has 94 valence electrons. The first kappa shape index (κ1) is 12.9. The second-order valence-electron chi connectivity index (χ2n) is 3.65. The van der Waals surface area contributed by atoms with Crippen molar-refractivity contribution < 1.29 is 4.79 Å². The molecular formula is C12H11Cl2N3O. The van der Waals surface area contributed by atoms with Crippen LogP contribution in [-0.2, 0) is 0 Å². The first-order valence-electron chi connectivity index (χ1n) is 5.41. The van der Waals surface area contributed by atoms with E-state index < -0.39 is 0 Å². The van der Waals surface area contributed by atoms with Crippen molar-refractivity contribution in [1.29, 1.82) is 0 Å². The van der Waals surface area contributed by atoms with E-state index in [9.17, 15) is 4.79 Å². The summed E-state index contributed by atoms with van der Waals surface area (Å²) in [6.45, 7) is 2.42. The predicted molar refractivity (Wildman–Crippen MR) is 72.1 cm³/mol. The average Bonchev–Trinajstić information content (AvgIpc) is 2.78. The number of aromatic amines is 1. The number of benzene rings is 1. The summed E-state index contributed by atoms with van der Waals surface area (Å²) in [5, 5.41) is 10.5. The van der Waals surface area contributed by atoms with Crippen LogP contribution in [0.4, 0.5) is 0 Å². The number of rotatable bonds is 3. The van der Waals surface area contributed by atoms with Gasteiger partial charge < -0.3 is 5.32 Å². The number of H-pyrrole nitrogens is 1. The Labute approximate surface area is 114 Å². The third-order valence-corrected chi connectivity index (χ3v) is 2.91. The molecule has 0 saturated heterocycles. The van der Waals surface area contributed by atoms with Gasteiger partial charge in [0.15, 0.2) is 0 Å². The van der Waals surface area contributed by atoms with Gasteiger partial charge in [0.1, 0.15) is 5.69 Å². The van der Waals surface area contributed by atoms with Gasteiger partial charge in [-0.25, -0.2) is 0 Å². The van der Waals surface area contributed by atoms with Gasteiger partial charge in [-0.05, 0) is 31.2 Å². The number of nitrogens with zero attached hydrogens (tertiary/aromatic N) is 1. The molecule has 2 rings (SSSR count). The molecule has 1 aromatic carbocycles. The molecule has 0 bridgehead atoms. The van der Waals surface area contributed by atoms with E-state index >= 15 is 0 Å². The number of halogens is 2. The summed E-state index contributed by atoms with van der Waals surface area (Å²) in [6.07, 6.45) is 0. The van der Waals surface area contributed by atoms with Crippen LogP contribution in [0.15, 0.2) is 24.3 Å². The van der Waals surface area contributed by atoms with Crippen molar-refractivity contribution in [1.82, 2.24) is 15.5 Å². The fourth-order valence-corrected chi connectivity index (χ4v) is 2.03. The number of aromatic nitrogens is 2. The predicted octanol–water partition coefficient (Wildman–Crippen LogP) is 3.13. The molecule has 6 heteroatoms. The fourth-order valence-electron chi connectivity index (χ4n) is 1.53. The van der Waals surface area contributed by atoms with E-state index in [0.717, 1.165) is 5.56 Å². The average molecular weight is 284 g/mol. The normalized spacial score (nSPS) is 10.4. The zero-order valence-corrected chi connectivity index (χ0v) is 11.1. The third kappa shape index (κ3) is 2.66.